The van der Waals surface area contributed by atoms with Crippen LogP contribution < -0.4 is 11.1 Å². The zero-order valence-electron chi connectivity index (χ0n) is 9.16. The smallest absolute Gasteiger partial charge is 0.268 e. The lowest BCUT2D eigenvalue weighted by Gasteiger charge is -2.10. The highest BCUT2D eigenvalue weighted by molar-refractivity contribution is 7.16. The van der Waals surface area contributed by atoms with Crippen molar-refractivity contribution in [2.24, 2.45) is 0 Å². The molecule has 1 amide bonds. The first-order valence-electron chi connectivity index (χ1n) is 5.06. The number of hydrogen-bond acceptors (Lipinski definition) is 3. The summed E-state index contributed by atoms with van der Waals surface area (Å²) in [5, 5.41) is 2.87. The van der Waals surface area contributed by atoms with E-state index >= 15 is 0 Å². The number of amides is 1. The van der Waals surface area contributed by atoms with Gasteiger partial charge in [-0.05, 0) is 25.1 Å². The molecule has 4 nitrogen and oxygen atoms in total. The van der Waals surface area contributed by atoms with Gasteiger partial charge in [0.2, 0.25) is 0 Å². The number of carbonyl (C=O) groups is 1. The van der Waals surface area contributed by atoms with Crippen molar-refractivity contribution in [3.8, 4) is 0 Å². The Hall–Kier alpha value is -1.46. The van der Waals surface area contributed by atoms with Crippen molar-refractivity contribution >= 4 is 34.5 Å². The van der Waals surface area contributed by atoms with Gasteiger partial charge in [-0.2, -0.15) is 0 Å². The molecule has 4 N–H and O–H groups in total. The standard InChI is InChI=1S/C11H12ClN3OS/c1-6(9-2-3-10(12)17-9)15-11(16)8-4-7(13)5-14-8/h2-6,14H,13H2,1H3,(H,15,16). The van der Waals surface area contributed by atoms with E-state index in [-0.39, 0.29) is 11.9 Å². The summed E-state index contributed by atoms with van der Waals surface area (Å²) in [4.78, 5) is 15.6. The van der Waals surface area contributed by atoms with E-state index in [2.05, 4.69) is 10.3 Å². The lowest BCUT2D eigenvalue weighted by Crippen LogP contribution is -2.26. The van der Waals surface area contributed by atoms with Crippen LogP contribution in [-0.4, -0.2) is 10.9 Å². The zero-order chi connectivity index (χ0) is 12.4. The van der Waals surface area contributed by atoms with Gasteiger partial charge in [0.1, 0.15) is 5.69 Å². The maximum atomic E-state index is 11.8. The van der Waals surface area contributed by atoms with E-state index in [1.807, 2.05) is 19.1 Å². The molecule has 2 aromatic heterocycles. The molecule has 90 valence electrons. The van der Waals surface area contributed by atoms with Gasteiger partial charge in [-0.1, -0.05) is 11.6 Å². The van der Waals surface area contributed by atoms with Crippen molar-refractivity contribution in [1.29, 1.82) is 0 Å². The van der Waals surface area contributed by atoms with Crippen LogP contribution in [0.1, 0.15) is 28.3 Å². The number of aromatic nitrogens is 1. The Morgan fingerprint density at radius 1 is 1.59 bits per heavy atom. The molecule has 0 fully saturated rings. The number of anilines is 1. The minimum atomic E-state index is -0.182. The van der Waals surface area contributed by atoms with Crippen LogP contribution in [0.2, 0.25) is 4.34 Å². The summed E-state index contributed by atoms with van der Waals surface area (Å²) in [5.74, 6) is -0.182. The number of nitrogen functional groups attached to an aromatic ring is 1. The van der Waals surface area contributed by atoms with Crippen LogP contribution in [0, 0.1) is 0 Å². The fraction of sp³-hybridized carbons (Fsp3) is 0.182. The van der Waals surface area contributed by atoms with Crippen LogP contribution in [-0.2, 0) is 0 Å². The minimum Gasteiger partial charge on any atom is -0.397 e. The minimum absolute atomic E-state index is 0.0791. The Labute approximate surface area is 108 Å². The molecule has 2 rings (SSSR count). The molecule has 0 saturated heterocycles. The summed E-state index contributed by atoms with van der Waals surface area (Å²) in [5.41, 5.74) is 6.53. The number of hydrogen-bond donors (Lipinski definition) is 3. The van der Waals surface area contributed by atoms with Gasteiger partial charge in [0.05, 0.1) is 10.4 Å². The van der Waals surface area contributed by atoms with Gasteiger partial charge in [0.15, 0.2) is 0 Å². The number of H-pyrrole nitrogens is 1. The largest absolute Gasteiger partial charge is 0.397 e. The van der Waals surface area contributed by atoms with Crippen molar-refractivity contribution in [3.63, 3.8) is 0 Å². The molecule has 0 aromatic carbocycles. The Morgan fingerprint density at radius 2 is 2.35 bits per heavy atom. The van der Waals surface area contributed by atoms with E-state index in [9.17, 15) is 4.79 Å². The summed E-state index contributed by atoms with van der Waals surface area (Å²) in [7, 11) is 0. The third-order valence-electron chi connectivity index (χ3n) is 2.32. The second kappa shape index (κ2) is 4.81. The predicted molar refractivity (Wildman–Crippen MR) is 70.4 cm³/mol. The highest BCUT2D eigenvalue weighted by Gasteiger charge is 2.14. The van der Waals surface area contributed by atoms with E-state index in [4.69, 9.17) is 17.3 Å². The Bertz CT molecular complexity index is 534. The second-order valence-corrected chi connectivity index (χ2v) is 5.43. The van der Waals surface area contributed by atoms with E-state index in [1.54, 1.807) is 12.3 Å². The van der Waals surface area contributed by atoms with E-state index in [0.717, 1.165) is 4.88 Å². The molecule has 0 saturated carbocycles. The molecule has 0 aliphatic rings. The Morgan fingerprint density at radius 3 is 2.88 bits per heavy atom. The van der Waals surface area contributed by atoms with Crippen molar-refractivity contribution < 1.29 is 4.79 Å². The number of rotatable bonds is 3. The molecule has 0 bridgehead atoms. The quantitative estimate of drug-likeness (QED) is 0.802. The first kappa shape index (κ1) is 12.0. The van der Waals surface area contributed by atoms with Crippen molar-refractivity contribution in [2.75, 3.05) is 5.73 Å². The monoisotopic (exact) mass is 269 g/mol. The topological polar surface area (TPSA) is 70.9 Å². The van der Waals surface area contributed by atoms with E-state index in [1.165, 1.54) is 11.3 Å². The number of thiophene rings is 1. The molecule has 1 unspecified atom stereocenters. The van der Waals surface area contributed by atoms with Crippen LogP contribution in [0.5, 0.6) is 0 Å². The summed E-state index contributed by atoms with van der Waals surface area (Å²) in [6, 6.07) is 5.24. The molecule has 6 heteroatoms. The molecular weight excluding hydrogens is 258 g/mol. The molecule has 0 aliphatic carbocycles. The van der Waals surface area contributed by atoms with Gasteiger partial charge in [-0.25, -0.2) is 0 Å². The van der Waals surface area contributed by atoms with Crippen molar-refractivity contribution in [3.05, 3.63) is 39.3 Å². The predicted octanol–water partition coefficient (Wildman–Crippen LogP) is 2.80. The van der Waals surface area contributed by atoms with Crippen LogP contribution in [0.15, 0.2) is 24.4 Å². The normalized spacial score (nSPS) is 12.4. The molecule has 0 spiro atoms. The summed E-state index contributed by atoms with van der Waals surface area (Å²) in [6.45, 7) is 1.91. The van der Waals surface area contributed by atoms with Gasteiger partial charge in [0, 0.05) is 16.8 Å². The van der Waals surface area contributed by atoms with Crippen molar-refractivity contribution in [2.45, 2.75) is 13.0 Å². The highest BCUT2D eigenvalue weighted by atomic mass is 35.5. The third-order valence-corrected chi connectivity index (χ3v) is 3.73. The fourth-order valence-electron chi connectivity index (χ4n) is 1.45. The van der Waals surface area contributed by atoms with Gasteiger partial charge >= 0.3 is 0 Å². The first-order valence-corrected chi connectivity index (χ1v) is 6.25. The lowest BCUT2D eigenvalue weighted by atomic mass is 10.2. The van der Waals surface area contributed by atoms with Crippen LogP contribution in [0.25, 0.3) is 0 Å². The van der Waals surface area contributed by atoms with Crippen LogP contribution in [0.4, 0.5) is 5.69 Å². The molecule has 2 heterocycles. The fourth-order valence-corrected chi connectivity index (χ4v) is 2.51. The molecule has 0 aliphatic heterocycles. The average molecular weight is 270 g/mol. The Balaban J connectivity index is 2.04. The lowest BCUT2D eigenvalue weighted by molar-refractivity contribution is 0.0936. The molecule has 17 heavy (non-hydrogen) atoms. The molecule has 1 atom stereocenters. The molecule has 0 radical (unpaired) electrons. The maximum Gasteiger partial charge on any atom is 0.268 e. The number of aromatic amines is 1. The van der Waals surface area contributed by atoms with Gasteiger partial charge < -0.3 is 16.0 Å². The van der Waals surface area contributed by atoms with Gasteiger partial charge in [-0.3, -0.25) is 4.79 Å². The molecular formula is C11H12ClN3OS. The maximum absolute atomic E-state index is 11.8. The van der Waals surface area contributed by atoms with Crippen LogP contribution in [0.3, 0.4) is 0 Å². The summed E-state index contributed by atoms with van der Waals surface area (Å²) in [6.07, 6.45) is 1.58. The zero-order valence-corrected chi connectivity index (χ0v) is 10.7. The summed E-state index contributed by atoms with van der Waals surface area (Å²) < 4.78 is 0.713. The Kier molecular flexibility index (Phi) is 3.40. The van der Waals surface area contributed by atoms with Gasteiger partial charge in [-0.15, -0.1) is 11.3 Å². The number of nitrogens with two attached hydrogens (primary N) is 1. The average Bonchev–Trinajstić information content (AvgIpc) is 2.87. The number of nitrogens with one attached hydrogen (secondary N) is 2. The number of carbonyl (C=O) groups excluding carboxylic acids is 1. The van der Waals surface area contributed by atoms with E-state index < -0.39 is 0 Å². The van der Waals surface area contributed by atoms with Crippen molar-refractivity contribution in [1.82, 2.24) is 10.3 Å². The van der Waals surface area contributed by atoms with Gasteiger partial charge in [0.25, 0.3) is 5.91 Å². The highest BCUT2D eigenvalue weighted by Crippen LogP contribution is 2.26. The van der Waals surface area contributed by atoms with E-state index in [0.29, 0.717) is 15.7 Å². The third kappa shape index (κ3) is 2.81. The van der Waals surface area contributed by atoms with Crippen LogP contribution >= 0.6 is 22.9 Å². The molecule has 2 aromatic rings. The SMILES string of the molecule is CC(NC(=O)c1cc(N)c[nH]1)c1ccc(Cl)s1. The second-order valence-electron chi connectivity index (χ2n) is 3.68. The number of halogens is 1. The summed E-state index contributed by atoms with van der Waals surface area (Å²) >= 11 is 7.30. The first-order chi connectivity index (χ1) is 8.06.